The van der Waals surface area contributed by atoms with Crippen molar-refractivity contribution < 1.29 is 24.3 Å². The first-order chi connectivity index (χ1) is 25.4. The van der Waals surface area contributed by atoms with Gasteiger partial charge in [-0.05, 0) is 64.2 Å². The van der Waals surface area contributed by atoms with Crippen LogP contribution >= 0.6 is 0 Å². The topological polar surface area (TPSA) is 116 Å². The molecule has 0 unspecified atom stereocenters. The molecule has 0 fully saturated rings. The Kier molecular flexibility index (Phi) is 37.1. The van der Waals surface area contributed by atoms with Gasteiger partial charge in [0.15, 0.2) is 0 Å². The molecule has 8 nitrogen and oxygen atoms in total. The molecule has 0 spiro atoms. The molecule has 0 aromatic rings. The van der Waals surface area contributed by atoms with Crippen molar-refractivity contribution in [2.45, 2.75) is 194 Å². The molecule has 0 aliphatic rings. The maximum absolute atomic E-state index is 12.6. The second kappa shape index (κ2) is 39.3. The Labute approximate surface area is 319 Å². The second-order valence-electron chi connectivity index (χ2n) is 14.4. The number of nitrogens with zero attached hydrogens (tertiary/aromatic N) is 1. The van der Waals surface area contributed by atoms with Crippen LogP contribution in [0.3, 0.4) is 0 Å². The Morgan fingerprint density at radius 1 is 0.462 bits per heavy atom. The van der Waals surface area contributed by atoms with E-state index in [1.807, 2.05) is 0 Å². The fourth-order valence-electron chi connectivity index (χ4n) is 6.13. The number of hydrogen-bond acceptors (Lipinski definition) is 4. The number of carbonyl (C=O) groups is 4. The number of allylic oxidation sites excluding steroid dienone is 4. The van der Waals surface area contributed by atoms with Gasteiger partial charge in [-0.3, -0.25) is 14.4 Å². The standard InChI is InChI=1S/C44H79N3O5/c1-3-5-7-9-11-13-15-17-19-21-23-25-27-29-31-33-41(48)45-37-39-47(43(50)35-36-44(51)52)40-38-46-42(49)34-32-30-28-26-24-22-20-18-16-14-12-10-8-6-4-2/h17-20,35-36H,3-16,21-34,37-40H2,1-2H3,(H,45,48)(H,46,49)(H,51,52)/b19-17+,20-18+,36-35-. The van der Waals surface area contributed by atoms with Gasteiger partial charge < -0.3 is 20.6 Å². The van der Waals surface area contributed by atoms with E-state index in [9.17, 15) is 19.2 Å². The Hall–Kier alpha value is -2.90. The van der Waals surface area contributed by atoms with Gasteiger partial charge in [-0.15, -0.1) is 0 Å². The largest absolute Gasteiger partial charge is 0.478 e. The van der Waals surface area contributed by atoms with E-state index in [0.29, 0.717) is 12.8 Å². The lowest BCUT2D eigenvalue weighted by Gasteiger charge is -2.21. The molecular formula is C44H79N3O5. The summed E-state index contributed by atoms with van der Waals surface area (Å²) in [5.41, 5.74) is 0. The van der Waals surface area contributed by atoms with Crippen molar-refractivity contribution in [1.82, 2.24) is 15.5 Å². The third-order valence-corrected chi connectivity index (χ3v) is 9.42. The van der Waals surface area contributed by atoms with Gasteiger partial charge in [0.25, 0.3) is 0 Å². The van der Waals surface area contributed by atoms with Crippen LogP contribution in [0.5, 0.6) is 0 Å². The first-order valence-electron chi connectivity index (χ1n) is 21.4. The van der Waals surface area contributed by atoms with Crippen LogP contribution in [0, 0.1) is 0 Å². The molecule has 0 aliphatic heterocycles. The predicted octanol–water partition coefficient (Wildman–Crippen LogP) is 10.8. The van der Waals surface area contributed by atoms with Crippen LogP contribution in [0.2, 0.25) is 0 Å². The van der Waals surface area contributed by atoms with E-state index in [1.165, 1.54) is 120 Å². The zero-order valence-corrected chi connectivity index (χ0v) is 33.6. The number of aliphatic carboxylic acids is 1. The van der Waals surface area contributed by atoms with Crippen molar-refractivity contribution in [3.05, 3.63) is 36.5 Å². The average molecular weight is 730 g/mol. The van der Waals surface area contributed by atoms with Gasteiger partial charge in [-0.25, -0.2) is 4.79 Å². The molecular weight excluding hydrogens is 651 g/mol. The van der Waals surface area contributed by atoms with E-state index in [4.69, 9.17) is 5.11 Å². The highest BCUT2D eigenvalue weighted by atomic mass is 16.4. The predicted molar refractivity (Wildman–Crippen MR) is 218 cm³/mol. The molecule has 300 valence electrons. The van der Waals surface area contributed by atoms with Gasteiger partial charge in [0, 0.05) is 51.2 Å². The van der Waals surface area contributed by atoms with E-state index in [-0.39, 0.29) is 38.0 Å². The summed E-state index contributed by atoms with van der Waals surface area (Å²) in [7, 11) is 0. The summed E-state index contributed by atoms with van der Waals surface area (Å²) in [6, 6.07) is 0. The van der Waals surface area contributed by atoms with E-state index < -0.39 is 11.9 Å². The summed E-state index contributed by atoms with van der Waals surface area (Å²) in [5, 5.41) is 14.7. The van der Waals surface area contributed by atoms with Gasteiger partial charge in [-0.2, -0.15) is 0 Å². The first kappa shape index (κ1) is 49.1. The number of rotatable bonds is 38. The summed E-state index contributed by atoms with van der Waals surface area (Å²) in [6.07, 6.45) is 43.5. The number of amides is 3. The lowest BCUT2D eigenvalue weighted by Crippen LogP contribution is -2.42. The molecule has 0 aromatic heterocycles. The van der Waals surface area contributed by atoms with Crippen molar-refractivity contribution in [1.29, 1.82) is 0 Å². The molecule has 3 N–H and O–H groups in total. The second-order valence-corrected chi connectivity index (χ2v) is 14.4. The van der Waals surface area contributed by atoms with Crippen LogP contribution in [-0.2, 0) is 19.2 Å². The minimum atomic E-state index is -1.20. The fourth-order valence-corrected chi connectivity index (χ4v) is 6.13. The van der Waals surface area contributed by atoms with Gasteiger partial charge in [0.05, 0.1) is 0 Å². The normalized spacial score (nSPS) is 11.6. The lowest BCUT2D eigenvalue weighted by molar-refractivity contribution is -0.132. The third kappa shape index (κ3) is 36.9. The minimum Gasteiger partial charge on any atom is -0.478 e. The van der Waals surface area contributed by atoms with Crippen molar-refractivity contribution in [3.63, 3.8) is 0 Å². The van der Waals surface area contributed by atoms with Crippen molar-refractivity contribution in [2.75, 3.05) is 26.2 Å². The summed E-state index contributed by atoms with van der Waals surface area (Å²) in [5.74, 6) is -1.74. The van der Waals surface area contributed by atoms with Crippen molar-refractivity contribution >= 4 is 23.7 Å². The van der Waals surface area contributed by atoms with Crippen LogP contribution in [0.25, 0.3) is 0 Å². The zero-order chi connectivity index (χ0) is 38.2. The van der Waals surface area contributed by atoms with Crippen LogP contribution < -0.4 is 10.6 Å². The zero-order valence-electron chi connectivity index (χ0n) is 33.6. The van der Waals surface area contributed by atoms with Crippen LogP contribution in [-0.4, -0.2) is 59.9 Å². The van der Waals surface area contributed by atoms with Gasteiger partial charge in [0.2, 0.25) is 17.7 Å². The smallest absolute Gasteiger partial charge is 0.328 e. The van der Waals surface area contributed by atoms with Gasteiger partial charge >= 0.3 is 5.97 Å². The molecule has 0 aliphatic carbocycles. The molecule has 0 bridgehead atoms. The highest BCUT2D eigenvalue weighted by molar-refractivity contribution is 5.94. The Balaban J connectivity index is 4.02. The highest BCUT2D eigenvalue weighted by Gasteiger charge is 2.12. The van der Waals surface area contributed by atoms with E-state index >= 15 is 0 Å². The molecule has 3 amide bonds. The fraction of sp³-hybridized carbons (Fsp3) is 0.773. The molecule has 0 heterocycles. The number of carbonyl (C=O) groups excluding carboxylic acids is 3. The number of unbranched alkanes of at least 4 members (excludes halogenated alkanes) is 22. The molecule has 0 aromatic carbocycles. The number of hydrogen-bond donors (Lipinski definition) is 3. The van der Waals surface area contributed by atoms with E-state index in [0.717, 1.165) is 63.5 Å². The molecule has 0 saturated carbocycles. The molecule has 0 saturated heterocycles. The Morgan fingerprint density at radius 2 is 0.788 bits per heavy atom. The average Bonchev–Trinajstić information content (AvgIpc) is 3.13. The maximum Gasteiger partial charge on any atom is 0.328 e. The quantitative estimate of drug-likeness (QED) is 0.0332. The third-order valence-electron chi connectivity index (χ3n) is 9.42. The van der Waals surface area contributed by atoms with E-state index in [1.54, 1.807) is 0 Å². The molecule has 0 atom stereocenters. The van der Waals surface area contributed by atoms with Crippen LogP contribution in [0.15, 0.2) is 36.5 Å². The summed E-state index contributed by atoms with van der Waals surface area (Å²) < 4.78 is 0. The Morgan fingerprint density at radius 3 is 1.13 bits per heavy atom. The van der Waals surface area contributed by atoms with Gasteiger partial charge in [0.1, 0.15) is 0 Å². The van der Waals surface area contributed by atoms with Crippen LogP contribution in [0.4, 0.5) is 0 Å². The van der Waals surface area contributed by atoms with Gasteiger partial charge in [-0.1, -0.05) is 141 Å². The summed E-state index contributed by atoms with van der Waals surface area (Å²) in [6.45, 7) is 5.54. The minimum absolute atomic E-state index is 0.0423. The summed E-state index contributed by atoms with van der Waals surface area (Å²) in [4.78, 5) is 49.7. The van der Waals surface area contributed by atoms with Crippen LogP contribution in [0.1, 0.15) is 194 Å². The van der Waals surface area contributed by atoms with E-state index in [2.05, 4.69) is 48.8 Å². The molecule has 8 heteroatoms. The van der Waals surface area contributed by atoms with Crippen molar-refractivity contribution in [2.24, 2.45) is 0 Å². The first-order valence-corrected chi connectivity index (χ1v) is 21.4. The SMILES string of the molecule is CCCCCCCC/C=C/CCCCCCCC(=O)NCCN(CCNC(=O)CCCCCCC/C=C/CCCCCCCC)C(=O)/C=C\C(=O)O. The lowest BCUT2D eigenvalue weighted by atomic mass is 10.1. The molecule has 0 rings (SSSR count). The monoisotopic (exact) mass is 730 g/mol. The maximum atomic E-state index is 12.6. The highest BCUT2D eigenvalue weighted by Crippen LogP contribution is 2.11. The summed E-state index contributed by atoms with van der Waals surface area (Å²) >= 11 is 0. The number of carboxylic acid groups (broad SMARTS) is 1. The number of nitrogens with one attached hydrogen (secondary N) is 2. The molecule has 52 heavy (non-hydrogen) atoms. The number of carboxylic acids is 1. The van der Waals surface area contributed by atoms with Crippen molar-refractivity contribution in [3.8, 4) is 0 Å². The Bertz CT molecular complexity index is 904. The molecule has 0 radical (unpaired) electrons.